The van der Waals surface area contributed by atoms with Gasteiger partial charge in [-0.15, -0.1) is 0 Å². The molecule has 10 heteroatoms. The van der Waals surface area contributed by atoms with Gasteiger partial charge in [-0.1, -0.05) is 36.4 Å². The molecule has 0 aliphatic heterocycles. The zero-order chi connectivity index (χ0) is 26.8. The lowest BCUT2D eigenvalue weighted by Gasteiger charge is -2.20. The van der Waals surface area contributed by atoms with Crippen LogP contribution in [0, 0.1) is 10.1 Å². The number of hydrogen-bond acceptors (Lipinski definition) is 7. The molecule has 37 heavy (non-hydrogen) atoms. The summed E-state index contributed by atoms with van der Waals surface area (Å²) in [5.41, 5.74) is 3.85. The third-order valence-corrected chi connectivity index (χ3v) is 5.47. The Morgan fingerprint density at radius 2 is 1.68 bits per heavy atom. The van der Waals surface area contributed by atoms with E-state index in [0.29, 0.717) is 11.1 Å². The molecule has 3 aromatic carbocycles. The minimum atomic E-state index is -0.725. The van der Waals surface area contributed by atoms with Gasteiger partial charge in [-0.25, -0.2) is 5.43 Å². The molecule has 0 saturated carbocycles. The number of hydrazone groups is 1. The number of benzene rings is 3. The van der Waals surface area contributed by atoms with Crippen LogP contribution in [-0.4, -0.2) is 41.1 Å². The maximum absolute atomic E-state index is 12.9. The Labute approximate surface area is 214 Å². The summed E-state index contributed by atoms with van der Waals surface area (Å²) in [5, 5.41) is 27.5. The zero-order valence-electron chi connectivity index (χ0n) is 20.4. The highest BCUT2D eigenvalue weighted by Crippen LogP contribution is 2.27. The lowest BCUT2D eigenvalue weighted by molar-refractivity contribution is -0.385. The molecule has 0 aliphatic carbocycles. The number of nitro benzene ring substituents is 1. The third kappa shape index (κ3) is 7.01. The van der Waals surface area contributed by atoms with Crippen LogP contribution in [0.1, 0.15) is 35.3 Å². The lowest BCUT2D eigenvalue weighted by atomic mass is 10.1. The Bertz CT molecular complexity index is 1320. The smallest absolute Gasteiger partial charge is 0.311 e. The van der Waals surface area contributed by atoms with Crippen molar-refractivity contribution in [3.05, 3.63) is 105 Å². The van der Waals surface area contributed by atoms with Crippen molar-refractivity contribution < 1.29 is 19.6 Å². The SMILES string of the molecule is CCN(CC)c1ccc(/C=C(/NC(=O)c2ccccc2)C(=O)N/N=C\c2cccc([N+](=O)[O-])c2O)cc1. The molecule has 3 aromatic rings. The molecule has 0 radical (unpaired) electrons. The number of phenols is 1. The first-order valence-corrected chi connectivity index (χ1v) is 11.6. The number of carbonyl (C=O) groups is 2. The monoisotopic (exact) mass is 501 g/mol. The van der Waals surface area contributed by atoms with Gasteiger partial charge < -0.3 is 15.3 Å². The fourth-order valence-electron chi connectivity index (χ4n) is 3.50. The molecule has 2 amide bonds. The van der Waals surface area contributed by atoms with Crippen molar-refractivity contribution in [2.75, 3.05) is 18.0 Å². The fraction of sp³-hybridized carbons (Fsp3) is 0.148. The number of nitro groups is 1. The summed E-state index contributed by atoms with van der Waals surface area (Å²) >= 11 is 0. The summed E-state index contributed by atoms with van der Waals surface area (Å²) in [6.45, 7) is 5.83. The normalized spacial score (nSPS) is 11.2. The summed E-state index contributed by atoms with van der Waals surface area (Å²) in [6, 6.07) is 19.9. The van der Waals surface area contributed by atoms with E-state index in [1.807, 2.05) is 24.3 Å². The summed E-state index contributed by atoms with van der Waals surface area (Å²) in [7, 11) is 0. The molecule has 3 N–H and O–H groups in total. The van der Waals surface area contributed by atoms with Crippen molar-refractivity contribution in [2.24, 2.45) is 5.10 Å². The first kappa shape index (κ1) is 26.6. The molecule has 190 valence electrons. The summed E-state index contributed by atoms with van der Waals surface area (Å²) in [6.07, 6.45) is 2.60. The number of rotatable bonds is 10. The molecule has 0 aromatic heterocycles. The number of para-hydroxylation sites is 1. The van der Waals surface area contributed by atoms with Crippen LogP contribution in [0.15, 0.2) is 83.6 Å². The maximum atomic E-state index is 12.9. The van der Waals surface area contributed by atoms with Gasteiger partial charge >= 0.3 is 5.69 Å². The van der Waals surface area contributed by atoms with Gasteiger partial charge in [0.25, 0.3) is 11.8 Å². The van der Waals surface area contributed by atoms with Gasteiger partial charge in [0, 0.05) is 36.0 Å². The van der Waals surface area contributed by atoms with Crippen LogP contribution < -0.4 is 15.6 Å². The van der Waals surface area contributed by atoms with Crippen molar-refractivity contribution in [3.8, 4) is 5.75 Å². The lowest BCUT2D eigenvalue weighted by Crippen LogP contribution is -2.32. The minimum absolute atomic E-state index is 0.0420. The van der Waals surface area contributed by atoms with E-state index in [9.17, 15) is 24.8 Å². The van der Waals surface area contributed by atoms with Crippen LogP contribution in [-0.2, 0) is 4.79 Å². The molecule has 0 bridgehead atoms. The van der Waals surface area contributed by atoms with Crippen molar-refractivity contribution in [3.63, 3.8) is 0 Å². The zero-order valence-corrected chi connectivity index (χ0v) is 20.4. The number of aromatic hydroxyl groups is 1. The highest BCUT2D eigenvalue weighted by atomic mass is 16.6. The van der Waals surface area contributed by atoms with E-state index in [1.54, 1.807) is 30.3 Å². The third-order valence-electron chi connectivity index (χ3n) is 5.47. The highest BCUT2D eigenvalue weighted by Gasteiger charge is 2.16. The number of phenolic OH excluding ortho intramolecular Hbond substituents is 1. The molecule has 10 nitrogen and oxygen atoms in total. The number of nitrogens with zero attached hydrogens (tertiary/aromatic N) is 3. The minimum Gasteiger partial charge on any atom is -0.502 e. The largest absolute Gasteiger partial charge is 0.502 e. The van der Waals surface area contributed by atoms with Crippen LogP contribution in [0.4, 0.5) is 11.4 Å². The Morgan fingerprint density at radius 1 is 1.00 bits per heavy atom. The molecule has 0 saturated heterocycles. The number of carbonyl (C=O) groups excluding carboxylic acids is 2. The number of anilines is 1. The molecular weight excluding hydrogens is 474 g/mol. The molecule has 0 fully saturated rings. The molecule has 0 heterocycles. The van der Waals surface area contributed by atoms with Crippen molar-refractivity contribution >= 4 is 35.5 Å². The van der Waals surface area contributed by atoms with Crippen molar-refractivity contribution in [1.82, 2.24) is 10.7 Å². The summed E-state index contributed by atoms with van der Waals surface area (Å²) in [4.78, 5) is 38.1. The van der Waals surface area contributed by atoms with Crippen LogP contribution >= 0.6 is 0 Å². The standard InChI is InChI=1S/C27H27N5O5/c1-3-31(4-2)22-15-13-19(14-16-22)17-23(29-26(34)20-9-6-5-7-10-20)27(35)30-28-18-21-11-8-12-24(25(21)33)32(36)37/h5-18,33H,3-4H2,1-2H3,(H,29,34)(H,30,35)/b23-17+,28-18-. The van der Waals surface area contributed by atoms with Crippen LogP contribution in [0.5, 0.6) is 5.75 Å². The van der Waals surface area contributed by atoms with E-state index < -0.39 is 28.2 Å². The van der Waals surface area contributed by atoms with E-state index in [1.165, 1.54) is 18.2 Å². The van der Waals surface area contributed by atoms with Crippen molar-refractivity contribution in [2.45, 2.75) is 13.8 Å². The predicted molar refractivity (Wildman–Crippen MR) is 142 cm³/mol. The van der Waals surface area contributed by atoms with E-state index >= 15 is 0 Å². The van der Waals surface area contributed by atoms with Crippen molar-refractivity contribution in [1.29, 1.82) is 0 Å². The van der Waals surface area contributed by atoms with Gasteiger partial charge in [-0.3, -0.25) is 19.7 Å². The van der Waals surface area contributed by atoms with Gasteiger partial charge in [0.1, 0.15) is 5.70 Å². The second-order valence-corrected chi connectivity index (χ2v) is 7.81. The number of amides is 2. The molecule has 0 spiro atoms. The number of nitrogens with one attached hydrogen (secondary N) is 2. The van der Waals surface area contributed by atoms with Gasteiger partial charge in [0.05, 0.1) is 11.1 Å². The van der Waals surface area contributed by atoms with Crippen LogP contribution in [0.3, 0.4) is 0 Å². The number of hydrogen-bond donors (Lipinski definition) is 3. The summed E-state index contributed by atoms with van der Waals surface area (Å²) in [5.74, 6) is -1.78. The first-order chi connectivity index (χ1) is 17.8. The molecule has 0 atom stereocenters. The fourth-order valence-corrected chi connectivity index (χ4v) is 3.50. The Hall–Kier alpha value is -4.99. The van der Waals surface area contributed by atoms with Gasteiger partial charge in [0.15, 0.2) is 0 Å². The summed E-state index contributed by atoms with van der Waals surface area (Å²) < 4.78 is 0. The quantitative estimate of drug-likeness (QED) is 0.166. The van der Waals surface area contributed by atoms with Crippen LogP contribution in [0.25, 0.3) is 6.08 Å². The van der Waals surface area contributed by atoms with Gasteiger partial charge in [0.2, 0.25) is 5.75 Å². The average Bonchev–Trinajstić information content (AvgIpc) is 2.91. The molecule has 0 aliphatic rings. The van der Waals surface area contributed by atoms with E-state index in [4.69, 9.17) is 0 Å². The van der Waals surface area contributed by atoms with E-state index in [0.717, 1.165) is 31.1 Å². The Morgan fingerprint density at radius 3 is 2.30 bits per heavy atom. The van der Waals surface area contributed by atoms with Gasteiger partial charge in [-0.2, -0.15) is 5.10 Å². The second kappa shape index (κ2) is 12.6. The predicted octanol–water partition coefficient (Wildman–Crippen LogP) is 4.07. The molecule has 0 unspecified atom stereocenters. The molecular formula is C27H27N5O5. The topological polar surface area (TPSA) is 137 Å². The van der Waals surface area contributed by atoms with E-state index in [-0.39, 0.29) is 11.3 Å². The Balaban J connectivity index is 1.85. The van der Waals surface area contributed by atoms with Crippen LogP contribution in [0.2, 0.25) is 0 Å². The van der Waals surface area contributed by atoms with E-state index in [2.05, 4.69) is 34.6 Å². The highest BCUT2D eigenvalue weighted by molar-refractivity contribution is 6.05. The Kier molecular flexibility index (Phi) is 9.09. The first-order valence-electron chi connectivity index (χ1n) is 11.6. The second-order valence-electron chi connectivity index (χ2n) is 7.81. The van der Waals surface area contributed by atoms with Gasteiger partial charge in [-0.05, 0) is 55.8 Å². The molecule has 3 rings (SSSR count). The average molecular weight is 502 g/mol. The maximum Gasteiger partial charge on any atom is 0.311 e.